The Labute approximate surface area is 87.3 Å². The molecule has 0 amide bonds. The van der Waals surface area contributed by atoms with Gasteiger partial charge in [0.15, 0.2) is 0 Å². The molecular formula is C10H9BO4. The second-order valence-electron chi connectivity index (χ2n) is 3.06. The average Bonchev–Trinajstić information content (AvgIpc) is 2.17. The number of hydrogen-bond acceptors (Lipinski definition) is 3. The lowest BCUT2D eigenvalue weighted by Gasteiger charge is -2.08. The fourth-order valence-corrected chi connectivity index (χ4v) is 1.31. The molecule has 1 aromatic carbocycles. The van der Waals surface area contributed by atoms with Gasteiger partial charge in [-0.3, -0.25) is 0 Å². The fraction of sp³-hybridized carbons (Fsp3) is 0.100. The van der Waals surface area contributed by atoms with Crippen molar-refractivity contribution >= 4 is 18.6 Å². The van der Waals surface area contributed by atoms with E-state index >= 15 is 0 Å². The summed E-state index contributed by atoms with van der Waals surface area (Å²) in [4.78, 5) is 10.8. The number of aromatic carboxylic acids is 1. The summed E-state index contributed by atoms with van der Waals surface area (Å²) >= 11 is 0. The summed E-state index contributed by atoms with van der Waals surface area (Å²) in [7, 11) is -1.73. The highest BCUT2D eigenvalue weighted by Gasteiger charge is 2.19. The molecule has 0 saturated carbocycles. The summed E-state index contributed by atoms with van der Waals surface area (Å²) in [6.07, 6.45) is 5.13. The second-order valence-corrected chi connectivity index (χ2v) is 3.06. The monoisotopic (exact) mass is 204 g/mol. The van der Waals surface area contributed by atoms with Crippen LogP contribution in [0.4, 0.5) is 0 Å². The van der Waals surface area contributed by atoms with Gasteiger partial charge in [-0.1, -0.05) is 5.92 Å². The Morgan fingerprint density at radius 1 is 1.47 bits per heavy atom. The van der Waals surface area contributed by atoms with Gasteiger partial charge in [0.2, 0.25) is 0 Å². The van der Waals surface area contributed by atoms with Crippen molar-refractivity contribution in [2.24, 2.45) is 0 Å². The fourth-order valence-electron chi connectivity index (χ4n) is 1.31. The van der Waals surface area contributed by atoms with Crippen LogP contribution < -0.4 is 5.46 Å². The van der Waals surface area contributed by atoms with E-state index < -0.39 is 13.1 Å². The molecule has 0 aliphatic rings. The summed E-state index contributed by atoms with van der Waals surface area (Å²) in [6.45, 7) is 1.50. The Bertz CT molecular complexity index is 445. The zero-order chi connectivity index (χ0) is 11.6. The highest BCUT2D eigenvalue weighted by molar-refractivity contribution is 6.59. The van der Waals surface area contributed by atoms with Crippen LogP contribution in [0.1, 0.15) is 21.5 Å². The smallest absolute Gasteiger partial charge is 0.478 e. The van der Waals surface area contributed by atoms with Crippen LogP contribution in [0.15, 0.2) is 12.1 Å². The van der Waals surface area contributed by atoms with Gasteiger partial charge in [0, 0.05) is 5.56 Å². The largest absolute Gasteiger partial charge is 0.488 e. The Morgan fingerprint density at radius 2 is 2.07 bits per heavy atom. The van der Waals surface area contributed by atoms with Crippen LogP contribution in [0.25, 0.3) is 0 Å². The molecule has 0 bridgehead atoms. The zero-order valence-electron chi connectivity index (χ0n) is 8.06. The summed E-state index contributed by atoms with van der Waals surface area (Å²) in [5.74, 6) is 1.11. The van der Waals surface area contributed by atoms with E-state index in [1.165, 1.54) is 19.1 Å². The topological polar surface area (TPSA) is 77.8 Å². The van der Waals surface area contributed by atoms with E-state index in [9.17, 15) is 4.79 Å². The van der Waals surface area contributed by atoms with E-state index in [1.54, 1.807) is 0 Å². The Morgan fingerprint density at radius 3 is 2.47 bits per heavy atom. The maximum atomic E-state index is 10.8. The molecule has 3 N–H and O–H groups in total. The summed E-state index contributed by atoms with van der Waals surface area (Å²) < 4.78 is 0. The molecule has 0 aromatic heterocycles. The quantitative estimate of drug-likeness (QED) is 0.442. The number of carboxylic acid groups (broad SMARTS) is 1. The molecule has 0 spiro atoms. The van der Waals surface area contributed by atoms with Gasteiger partial charge < -0.3 is 15.2 Å². The normalized spacial score (nSPS) is 9.47. The van der Waals surface area contributed by atoms with E-state index in [0.717, 1.165) is 0 Å². The van der Waals surface area contributed by atoms with Gasteiger partial charge in [0.05, 0.1) is 5.56 Å². The minimum atomic E-state index is -1.73. The molecule has 0 fully saturated rings. The molecular weight excluding hydrogens is 195 g/mol. The Hall–Kier alpha value is -1.77. The minimum absolute atomic E-state index is 0.0199. The lowest BCUT2D eigenvalue weighted by atomic mass is 9.75. The molecule has 0 aliphatic heterocycles. The minimum Gasteiger partial charge on any atom is -0.478 e. The predicted molar refractivity (Wildman–Crippen MR) is 55.9 cm³/mol. The van der Waals surface area contributed by atoms with Gasteiger partial charge in [-0.25, -0.2) is 4.79 Å². The van der Waals surface area contributed by atoms with Gasteiger partial charge in [-0.05, 0) is 30.1 Å². The third-order valence-corrected chi connectivity index (χ3v) is 2.12. The van der Waals surface area contributed by atoms with Crippen LogP contribution >= 0.6 is 0 Å². The molecule has 1 rings (SSSR count). The van der Waals surface area contributed by atoms with Crippen molar-refractivity contribution in [3.63, 3.8) is 0 Å². The van der Waals surface area contributed by atoms with Crippen LogP contribution in [0.2, 0.25) is 0 Å². The maximum Gasteiger partial charge on any atom is 0.488 e. The van der Waals surface area contributed by atoms with E-state index in [1.807, 2.05) is 0 Å². The lowest BCUT2D eigenvalue weighted by molar-refractivity contribution is 0.0696. The first-order valence-corrected chi connectivity index (χ1v) is 4.18. The van der Waals surface area contributed by atoms with Gasteiger partial charge in [0.1, 0.15) is 0 Å². The van der Waals surface area contributed by atoms with Crippen molar-refractivity contribution in [2.75, 3.05) is 0 Å². The van der Waals surface area contributed by atoms with Crippen molar-refractivity contribution in [1.29, 1.82) is 0 Å². The maximum absolute atomic E-state index is 10.8. The molecule has 4 nitrogen and oxygen atoms in total. The summed E-state index contributed by atoms with van der Waals surface area (Å²) in [6, 6.07) is 2.70. The number of benzene rings is 1. The van der Waals surface area contributed by atoms with Gasteiger partial charge in [-0.15, -0.1) is 6.42 Å². The number of carbonyl (C=O) groups is 1. The lowest BCUT2D eigenvalue weighted by Crippen LogP contribution is -2.33. The number of carboxylic acids is 1. The molecule has 0 unspecified atom stereocenters. The molecule has 5 heteroatoms. The predicted octanol–water partition coefficient (Wildman–Crippen LogP) is -0.646. The Kier molecular flexibility index (Phi) is 3.15. The molecule has 0 aliphatic carbocycles. The third kappa shape index (κ3) is 2.18. The second kappa shape index (κ2) is 4.17. The Balaban J connectivity index is 3.49. The SMILES string of the molecule is C#Cc1cc(B(O)O)c(C)c(C(=O)O)c1. The highest BCUT2D eigenvalue weighted by atomic mass is 16.4. The first-order chi connectivity index (χ1) is 6.97. The summed E-state index contributed by atoms with van der Waals surface area (Å²) in [5.41, 5.74) is 0.703. The van der Waals surface area contributed by atoms with E-state index in [2.05, 4.69) is 5.92 Å². The van der Waals surface area contributed by atoms with E-state index in [-0.39, 0.29) is 11.0 Å². The first-order valence-electron chi connectivity index (χ1n) is 4.18. The number of rotatable bonds is 2. The molecule has 1 aromatic rings. The van der Waals surface area contributed by atoms with Crippen molar-refractivity contribution in [3.8, 4) is 12.3 Å². The molecule has 0 saturated heterocycles. The summed E-state index contributed by atoms with van der Waals surface area (Å²) in [5, 5.41) is 26.9. The molecule has 15 heavy (non-hydrogen) atoms. The van der Waals surface area contributed by atoms with Crippen molar-refractivity contribution in [2.45, 2.75) is 6.92 Å². The molecule has 76 valence electrons. The average molecular weight is 204 g/mol. The molecule has 0 atom stereocenters. The van der Waals surface area contributed by atoms with Crippen molar-refractivity contribution in [1.82, 2.24) is 0 Å². The van der Waals surface area contributed by atoms with Crippen LogP contribution in [0.5, 0.6) is 0 Å². The number of hydrogen-bond donors (Lipinski definition) is 3. The zero-order valence-corrected chi connectivity index (χ0v) is 8.06. The van der Waals surface area contributed by atoms with E-state index in [4.69, 9.17) is 21.6 Å². The first kappa shape index (κ1) is 11.3. The van der Waals surface area contributed by atoms with Crippen molar-refractivity contribution < 1.29 is 19.9 Å². The molecule has 0 radical (unpaired) electrons. The van der Waals surface area contributed by atoms with Gasteiger partial charge >= 0.3 is 13.1 Å². The van der Waals surface area contributed by atoms with Crippen molar-refractivity contribution in [3.05, 3.63) is 28.8 Å². The van der Waals surface area contributed by atoms with Gasteiger partial charge in [-0.2, -0.15) is 0 Å². The highest BCUT2D eigenvalue weighted by Crippen LogP contribution is 2.09. The van der Waals surface area contributed by atoms with Crippen LogP contribution in [0, 0.1) is 19.3 Å². The molecule has 0 heterocycles. The van der Waals surface area contributed by atoms with Crippen LogP contribution in [-0.2, 0) is 0 Å². The van der Waals surface area contributed by atoms with Gasteiger partial charge in [0.25, 0.3) is 0 Å². The van der Waals surface area contributed by atoms with Crippen LogP contribution in [-0.4, -0.2) is 28.2 Å². The number of terminal acetylenes is 1. The third-order valence-electron chi connectivity index (χ3n) is 2.12. The van der Waals surface area contributed by atoms with E-state index in [0.29, 0.717) is 11.1 Å². The van der Waals surface area contributed by atoms with Crippen LogP contribution in [0.3, 0.4) is 0 Å². The standard InChI is InChI=1S/C10H9BO4/c1-3-7-4-8(10(12)13)6(2)9(5-7)11(14)15/h1,4-5,14-15H,2H3,(H,12,13).